The molecule has 0 saturated carbocycles. The van der Waals surface area contributed by atoms with E-state index in [2.05, 4.69) is 21.8 Å². The number of likely N-dealkylation sites (tertiary alicyclic amines) is 1. The zero-order valence-electron chi connectivity index (χ0n) is 12.1. The first-order valence-electron chi connectivity index (χ1n) is 7.43. The van der Waals surface area contributed by atoms with Crippen molar-refractivity contribution in [2.24, 2.45) is 0 Å². The number of anilines is 1. The molecule has 5 nitrogen and oxygen atoms in total. The van der Waals surface area contributed by atoms with Gasteiger partial charge in [0.2, 0.25) is 0 Å². The van der Waals surface area contributed by atoms with Crippen LogP contribution in [0.5, 0.6) is 0 Å². The van der Waals surface area contributed by atoms with Gasteiger partial charge in [0, 0.05) is 51.0 Å². The fourth-order valence-electron chi connectivity index (χ4n) is 2.86. The van der Waals surface area contributed by atoms with Crippen LogP contribution >= 0.6 is 0 Å². The number of pyridine rings is 1. The lowest BCUT2D eigenvalue weighted by Crippen LogP contribution is -2.44. The van der Waals surface area contributed by atoms with E-state index in [1.165, 1.54) is 0 Å². The summed E-state index contributed by atoms with van der Waals surface area (Å²) in [6.45, 7) is 5.84. The maximum absolute atomic E-state index is 12.4. The molecule has 0 atom stereocenters. The van der Waals surface area contributed by atoms with Crippen LogP contribution in [0.3, 0.4) is 0 Å². The standard InChI is InChI=1S/C15H22N4O/c1-17-8-10-18(11-9-17)14-12-13(4-5-16-14)15(20)19-6-2-3-7-19/h4-5,12H,2-3,6-11H2,1H3. The van der Waals surface area contributed by atoms with Gasteiger partial charge in [-0.1, -0.05) is 0 Å². The van der Waals surface area contributed by atoms with Gasteiger partial charge in [-0.05, 0) is 32.0 Å². The van der Waals surface area contributed by atoms with Gasteiger partial charge in [0.1, 0.15) is 5.82 Å². The Bertz CT molecular complexity index is 477. The number of hydrogen-bond acceptors (Lipinski definition) is 4. The summed E-state index contributed by atoms with van der Waals surface area (Å²) in [5.41, 5.74) is 0.774. The number of rotatable bonds is 2. The molecule has 108 valence electrons. The highest BCUT2D eigenvalue weighted by Gasteiger charge is 2.21. The van der Waals surface area contributed by atoms with Gasteiger partial charge < -0.3 is 14.7 Å². The largest absolute Gasteiger partial charge is 0.354 e. The van der Waals surface area contributed by atoms with Crippen molar-refractivity contribution in [3.8, 4) is 0 Å². The first-order valence-corrected chi connectivity index (χ1v) is 7.43. The number of aromatic nitrogens is 1. The summed E-state index contributed by atoms with van der Waals surface area (Å²) in [6, 6.07) is 3.78. The summed E-state index contributed by atoms with van der Waals surface area (Å²) in [7, 11) is 2.14. The monoisotopic (exact) mass is 274 g/mol. The van der Waals surface area contributed by atoms with Gasteiger partial charge in [-0.25, -0.2) is 4.98 Å². The smallest absolute Gasteiger partial charge is 0.254 e. The van der Waals surface area contributed by atoms with E-state index in [0.29, 0.717) is 0 Å². The summed E-state index contributed by atoms with van der Waals surface area (Å²) in [6.07, 6.45) is 4.02. The van der Waals surface area contributed by atoms with Crippen molar-refractivity contribution in [2.45, 2.75) is 12.8 Å². The van der Waals surface area contributed by atoms with Crippen LogP contribution in [0.4, 0.5) is 5.82 Å². The molecular weight excluding hydrogens is 252 g/mol. The van der Waals surface area contributed by atoms with Crippen molar-refractivity contribution in [2.75, 3.05) is 51.2 Å². The second-order valence-electron chi connectivity index (χ2n) is 5.69. The summed E-state index contributed by atoms with van der Waals surface area (Å²) in [5, 5.41) is 0. The Balaban J connectivity index is 1.73. The second kappa shape index (κ2) is 5.79. The highest BCUT2D eigenvalue weighted by molar-refractivity contribution is 5.95. The molecule has 2 saturated heterocycles. The van der Waals surface area contributed by atoms with Crippen LogP contribution in [0.25, 0.3) is 0 Å². The molecule has 3 rings (SSSR count). The molecule has 0 N–H and O–H groups in total. The van der Waals surface area contributed by atoms with Crippen LogP contribution in [0, 0.1) is 0 Å². The third-order valence-electron chi connectivity index (χ3n) is 4.21. The van der Waals surface area contributed by atoms with E-state index < -0.39 is 0 Å². The molecule has 20 heavy (non-hydrogen) atoms. The molecule has 0 unspecified atom stereocenters. The minimum atomic E-state index is 0.153. The van der Waals surface area contributed by atoms with Crippen molar-refractivity contribution in [3.63, 3.8) is 0 Å². The van der Waals surface area contributed by atoms with Gasteiger partial charge in [-0.15, -0.1) is 0 Å². The molecule has 1 aromatic heterocycles. The normalized spacial score (nSPS) is 20.4. The first-order chi connectivity index (χ1) is 9.74. The lowest BCUT2D eigenvalue weighted by Gasteiger charge is -2.33. The predicted molar refractivity (Wildman–Crippen MR) is 79.1 cm³/mol. The molecule has 1 aromatic rings. The van der Waals surface area contributed by atoms with Gasteiger partial charge in [0.05, 0.1) is 0 Å². The molecule has 0 aliphatic carbocycles. The molecule has 0 radical (unpaired) electrons. The topological polar surface area (TPSA) is 39.7 Å². The first kappa shape index (κ1) is 13.4. The van der Waals surface area contributed by atoms with Crippen molar-refractivity contribution in [1.82, 2.24) is 14.8 Å². The Labute approximate surface area is 120 Å². The van der Waals surface area contributed by atoms with E-state index in [-0.39, 0.29) is 5.91 Å². The number of amides is 1. The van der Waals surface area contributed by atoms with Crippen LogP contribution in [-0.4, -0.2) is 67.0 Å². The predicted octanol–water partition coefficient (Wildman–Crippen LogP) is 1.07. The van der Waals surface area contributed by atoms with E-state index in [1.807, 2.05) is 17.0 Å². The van der Waals surface area contributed by atoms with Crippen LogP contribution in [0.2, 0.25) is 0 Å². The molecule has 1 amide bonds. The summed E-state index contributed by atoms with van der Waals surface area (Å²) >= 11 is 0. The second-order valence-corrected chi connectivity index (χ2v) is 5.69. The number of hydrogen-bond donors (Lipinski definition) is 0. The van der Waals surface area contributed by atoms with Crippen molar-refractivity contribution in [3.05, 3.63) is 23.9 Å². The van der Waals surface area contributed by atoms with Crippen LogP contribution in [-0.2, 0) is 0 Å². The summed E-state index contributed by atoms with van der Waals surface area (Å²) < 4.78 is 0. The third kappa shape index (κ3) is 2.77. The maximum Gasteiger partial charge on any atom is 0.254 e. The van der Waals surface area contributed by atoms with Crippen LogP contribution < -0.4 is 4.90 Å². The molecule has 3 heterocycles. The zero-order valence-corrected chi connectivity index (χ0v) is 12.1. The fraction of sp³-hybridized carbons (Fsp3) is 0.600. The van der Waals surface area contributed by atoms with Gasteiger partial charge in [0.15, 0.2) is 0 Å². The van der Waals surface area contributed by atoms with Gasteiger partial charge in [0.25, 0.3) is 5.91 Å². The quantitative estimate of drug-likeness (QED) is 0.809. The molecule has 5 heteroatoms. The molecule has 0 bridgehead atoms. The minimum absolute atomic E-state index is 0.153. The average Bonchev–Trinajstić information content (AvgIpc) is 3.01. The SMILES string of the molecule is CN1CCN(c2cc(C(=O)N3CCCC3)ccn2)CC1. The number of carbonyl (C=O) groups excluding carboxylic acids is 1. The molecule has 2 aliphatic heterocycles. The Morgan fingerprint density at radius 3 is 2.50 bits per heavy atom. The van der Waals surface area contributed by atoms with Crippen molar-refractivity contribution in [1.29, 1.82) is 0 Å². The van der Waals surface area contributed by atoms with Gasteiger partial charge in [-0.3, -0.25) is 4.79 Å². The lowest BCUT2D eigenvalue weighted by atomic mass is 10.2. The molecular formula is C15H22N4O. The van der Waals surface area contributed by atoms with Crippen molar-refractivity contribution >= 4 is 11.7 Å². The third-order valence-corrected chi connectivity index (χ3v) is 4.21. The lowest BCUT2D eigenvalue weighted by molar-refractivity contribution is 0.0792. The maximum atomic E-state index is 12.4. The van der Waals surface area contributed by atoms with E-state index in [0.717, 1.165) is 63.5 Å². The summed E-state index contributed by atoms with van der Waals surface area (Å²) in [5.74, 6) is 1.09. The highest BCUT2D eigenvalue weighted by atomic mass is 16.2. The Hall–Kier alpha value is -1.62. The molecule has 2 fully saturated rings. The molecule has 2 aliphatic rings. The molecule has 0 spiro atoms. The van der Waals surface area contributed by atoms with Gasteiger partial charge >= 0.3 is 0 Å². The van der Waals surface area contributed by atoms with E-state index in [1.54, 1.807) is 6.20 Å². The highest BCUT2D eigenvalue weighted by Crippen LogP contribution is 2.18. The number of carbonyl (C=O) groups is 1. The Morgan fingerprint density at radius 1 is 1.10 bits per heavy atom. The average molecular weight is 274 g/mol. The fourth-order valence-corrected chi connectivity index (χ4v) is 2.86. The minimum Gasteiger partial charge on any atom is -0.354 e. The van der Waals surface area contributed by atoms with E-state index >= 15 is 0 Å². The van der Waals surface area contributed by atoms with Gasteiger partial charge in [-0.2, -0.15) is 0 Å². The molecule has 0 aromatic carbocycles. The van der Waals surface area contributed by atoms with E-state index in [9.17, 15) is 4.79 Å². The number of piperazine rings is 1. The number of nitrogens with zero attached hydrogens (tertiary/aromatic N) is 4. The van der Waals surface area contributed by atoms with Crippen LogP contribution in [0.1, 0.15) is 23.2 Å². The Kier molecular flexibility index (Phi) is 3.87. The van der Waals surface area contributed by atoms with Crippen LogP contribution in [0.15, 0.2) is 18.3 Å². The van der Waals surface area contributed by atoms with Crippen molar-refractivity contribution < 1.29 is 4.79 Å². The zero-order chi connectivity index (χ0) is 13.9. The summed E-state index contributed by atoms with van der Waals surface area (Å²) in [4.78, 5) is 23.4. The number of likely N-dealkylation sites (N-methyl/N-ethyl adjacent to an activating group) is 1. The van der Waals surface area contributed by atoms with E-state index in [4.69, 9.17) is 0 Å². The Morgan fingerprint density at radius 2 is 1.80 bits per heavy atom.